The van der Waals surface area contributed by atoms with Crippen molar-refractivity contribution in [2.45, 2.75) is 23.6 Å². The second-order valence-corrected chi connectivity index (χ2v) is 6.92. The van der Waals surface area contributed by atoms with Gasteiger partial charge >= 0.3 is 0 Å². The molecular weight excluding hydrogens is 340 g/mol. The van der Waals surface area contributed by atoms with Crippen molar-refractivity contribution in [3.8, 4) is 11.4 Å². The van der Waals surface area contributed by atoms with E-state index in [2.05, 4.69) is 20.3 Å². The summed E-state index contributed by atoms with van der Waals surface area (Å²) in [6.07, 6.45) is 4.55. The Kier molecular flexibility index (Phi) is 4.74. The topological polar surface area (TPSA) is 89.1 Å². The molecule has 0 bridgehead atoms. The molecule has 2 aliphatic heterocycles. The zero-order valence-corrected chi connectivity index (χ0v) is 14.8. The van der Waals surface area contributed by atoms with E-state index >= 15 is 0 Å². The number of aromatic nitrogens is 3. The minimum absolute atomic E-state index is 0.0475. The third-order valence-electron chi connectivity index (χ3n) is 4.53. The first-order valence-electron chi connectivity index (χ1n) is 8.32. The van der Waals surface area contributed by atoms with Crippen molar-refractivity contribution < 1.29 is 14.3 Å². The first kappa shape index (κ1) is 16.6. The Hall–Kier alpha value is -1.90. The molecule has 2 atom stereocenters. The fraction of sp³-hybridized carbons (Fsp3) is 0.471. The van der Waals surface area contributed by atoms with Gasteiger partial charge in [0.2, 0.25) is 0 Å². The van der Waals surface area contributed by atoms with Crippen LogP contribution in [0.2, 0.25) is 0 Å². The number of carbonyl (C=O) groups excluding carboxylic acids is 1. The van der Waals surface area contributed by atoms with E-state index in [1.54, 1.807) is 6.20 Å². The van der Waals surface area contributed by atoms with Crippen molar-refractivity contribution in [2.24, 2.45) is 0 Å². The molecule has 0 aliphatic carbocycles. The largest absolute Gasteiger partial charge is 0.376 e. The van der Waals surface area contributed by atoms with E-state index in [1.165, 1.54) is 11.8 Å². The minimum atomic E-state index is -0.0475. The average molecular weight is 360 g/mol. The zero-order chi connectivity index (χ0) is 17.2. The van der Waals surface area contributed by atoms with Gasteiger partial charge in [-0.3, -0.25) is 4.79 Å². The fourth-order valence-electron chi connectivity index (χ4n) is 3.31. The molecular formula is C17H20N4O3S. The fourth-order valence-corrected chi connectivity index (χ4v) is 3.67. The lowest BCUT2D eigenvalue weighted by atomic mass is 9.92. The molecule has 8 heteroatoms. The maximum Gasteiger partial charge on any atom is 0.253 e. The first-order valence-corrected chi connectivity index (χ1v) is 9.55. The normalized spacial score (nSPS) is 23.2. The van der Waals surface area contributed by atoms with E-state index in [0.29, 0.717) is 37.1 Å². The van der Waals surface area contributed by atoms with Gasteiger partial charge in [-0.1, -0.05) is 11.8 Å². The van der Waals surface area contributed by atoms with Crippen molar-refractivity contribution in [1.82, 2.24) is 20.3 Å². The molecule has 2 aliphatic rings. The van der Waals surface area contributed by atoms with Gasteiger partial charge in [0.05, 0.1) is 42.9 Å². The quantitative estimate of drug-likeness (QED) is 0.639. The third-order valence-corrected chi connectivity index (χ3v) is 5.10. The Balaban J connectivity index is 1.62. The maximum absolute atomic E-state index is 12.3. The molecule has 0 saturated carbocycles. The molecule has 1 fully saturated rings. The molecule has 0 spiro atoms. The second-order valence-electron chi connectivity index (χ2n) is 6.15. The van der Waals surface area contributed by atoms with Crippen LogP contribution in [0.4, 0.5) is 0 Å². The molecule has 25 heavy (non-hydrogen) atoms. The number of aromatic amines is 1. The standard InChI is InChI=1S/C17H20N4O3S/c1-25-17-18-3-2-13(21-17)14-7-12-15(20-14)10(8-19-16(12)22)6-11-9-23-4-5-24-11/h2-3,7,10-11,20H,4-6,8-9H2,1H3,(H,19,22)/t10?,11-/m0/s1. The highest BCUT2D eigenvalue weighted by molar-refractivity contribution is 7.98. The van der Waals surface area contributed by atoms with Gasteiger partial charge in [-0.15, -0.1) is 0 Å². The summed E-state index contributed by atoms with van der Waals surface area (Å²) >= 11 is 1.49. The number of carbonyl (C=O) groups is 1. The van der Waals surface area contributed by atoms with Crippen molar-refractivity contribution >= 4 is 17.7 Å². The van der Waals surface area contributed by atoms with Crippen molar-refractivity contribution in [1.29, 1.82) is 0 Å². The van der Waals surface area contributed by atoms with Crippen molar-refractivity contribution in [3.05, 3.63) is 29.6 Å². The summed E-state index contributed by atoms with van der Waals surface area (Å²) in [5.41, 5.74) is 3.27. The Morgan fingerprint density at radius 1 is 1.40 bits per heavy atom. The molecule has 0 radical (unpaired) electrons. The van der Waals surface area contributed by atoms with Crippen LogP contribution in [0.5, 0.6) is 0 Å². The van der Waals surface area contributed by atoms with Crippen LogP contribution in [0.25, 0.3) is 11.4 Å². The molecule has 2 aromatic rings. The highest BCUT2D eigenvalue weighted by Gasteiger charge is 2.31. The number of amides is 1. The number of nitrogens with zero attached hydrogens (tertiary/aromatic N) is 2. The van der Waals surface area contributed by atoms with Crippen LogP contribution in [0.1, 0.15) is 28.4 Å². The molecule has 1 saturated heterocycles. The summed E-state index contributed by atoms with van der Waals surface area (Å²) in [6, 6.07) is 3.73. The van der Waals surface area contributed by atoms with E-state index in [1.807, 2.05) is 18.4 Å². The second kappa shape index (κ2) is 7.15. The summed E-state index contributed by atoms with van der Waals surface area (Å²) in [4.78, 5) is 24.4. The van der Waals surface area contributed by atoms with Crippen LogP contribution in [-0.2, 0) is 9.47 Å². The Morgan fingerprint density at radius 3 is 3.12 bits per heavy atom. The van der Waals surface area contributed by atoms with Gasteiger partial charge in [0.1, 0.15) is 0 Å². The summed E-state index contributed by atoms with van der Waals surface area (Å²) < 4.78 is 11.3. The maximum atomic E-state index is 12.3. The summed E-state index contributed by atoms with van der Waals surface area (Å²) in [6.45, 7) is 2.49. The first-order chi connectivity index (χ1) is 12.2. The Bertz CT molecular complexity index is 773. The lowest BCUT2D eigenvalue weighted by Gasteiger charge is -2.29. The molecule has 1 unspecified atom stereocenters. The molecule has 2 aromatic heterocycles. The number of ether oxygens (including phenoxy) is 2. The van der Waals surface area contributed by atoms with Gasteiger partial charge in [-0.25, -0.2) is 9.97 Å². The molecule has 4 heterocycles. The molecule has 132 valence electrons. The average Bonchev–Trinajstić information content (AvgIpc) is 3.12. The monoisotopic (exact) mass is 360 g/mol. The highest BCUT2D eigenvalue weighted by atomic mass is 32.2. The van der Waals surface area contributed by atoms with E-state index in [0.717, 1.165) is 23.5 Å². The van der Waals surface area contributed by atoms with E-state index in [9.17, 15) is 4.79 Å². The van der Waals surface area contributed by atoms with Crippen LogP contribution in [-0.4, -0.2) is 59.6 Å². The summed E-state index contributed by atoms with van der Waals surface area (Å²) in [5.74, 6) is 0.128. The molecule has 0 aromatic carbocycles. The number of nitrogens with one attached hydrogen (secondary N) is 2. The summed E-state index contributed by atoms with van der Waals surface area (Å²) in [5, 5.41) is 3.68. The number of thioether (sulfide) groups is 1. The van der Waals surface area contributed by atoms with Crippen LogP contribution in [0.15, 0.2) is 23.5 Å². The van der Waals surface area contributed by atoms with Gasteiger partial charge in [-0.2, -0.15) is 0 Å². The number of fused-ring (bicyclic) bond motifs is 1. The third kappa shape index (κ3) is 3.42. The van der Waals surface area contributed by atoms with E-state index in [4.69, 9.17) is 9.47 Å². The Morgan fingerprint density at radius 2 is 2.32 bits per heavy atom. The molecule has 1 amide bonds. The highest BCUT2D eigenvalue weighted by Crippen LogP contribution is 2.32. The number of hydrogen-bond acceptors (Lipinski definition) is 6. The van der Waals surface area contributed by atoms with Gasteiger partial charge in [0, 0.05) is 24.4 Å². The lowest BCUT2D eigenvalue weighted by Crippen LogP contribution is -2.38. The Labute approximate surface area is 149 Å². The lowest BCUT2D eigenvalue weighted by molar-refractivity contribution is -0.0928. The van der Waals surface area contributed by atoms with Crippen LogP contribution in [0, 0.1) is 0 Å². The van der Waals surface area contributed by atoms with E-state index < -0.39 is 0 Å². The smallest absolute Gasteiger partial charge is 0.253 e. The van der Waals surface area contributed by atoms with Gasteiger partial charge < -0.3 is 19.8 Å². The summed E-state index contributed by atoms with van der Waals surface area (Å²) in [7, 11) is 0. The zero-order valence-electron chi connectivity index (χ0n) is 13.9. The van der Waals surface area contributed by atoms with Crippen molar-refractivity contribution in [3.63, 3.8) is 0 Å². The predicted octanol–water partition coefficient (Wildman–Crippen LogP) is 1.83. The van der Waals surface area contributed by atoms with Gasteiger partial charge in [-0.05, 0) is 24.8 Å². The number of hydrogen-bond donors (Lipinski definition) is 2. The SMILES string of the molecule is CSc1nccc(-c2cc3c([nH]2)C(C[C@H]2COCCO2)CNC3=O)n1. The minimum Gasteiger partial charge on any atom is -0.376 e. The van der Waals surface area contributed by atoms with Crippen LogP contribution < -0.4 is 5.32 Å². The predicted molar refractivity (Wildman–Crippen MR) is 93.8 cm³/mol. The number of H-pyrrole nitrogens is 1. The van der Waals surface area contributed by atoms with Gasteiger partial charge in [0.15, 0.2) is 5.16 Å². The van der Waals surface area contributed by atoms with E-state index in [-0.39, 0.29) is 17.9 Å². The van der Waals surface area contributed by atoms with Gasteiger partial charge in [0.25, 0.3) is 5.91 Å². The van der Waals surface area contributed by atoms with Crippen LogP contribution >= 0.6 is 11.8 Å². The van der Waals surface area contributed by atoms with Crippen molar-refractivity contribution in [2.75, 3.05) is 32.6 Å². The molecule has 2 N–H and O–H groups in total. The molecule has 4 rings (SSSR count). The number of rotatable bonds is 4. The molecule has 7 nitrogen and oxygen atoms in total. The van der Waals surface area contributed by atoms with Crippen LogP contribution in [0.3, 0.4) is 0 Å².